The normalized spacial score (nSPS) is 12.4. The summed E-state index contributed by atoms with van der Waals surface area (Å²) in [5, 5.41) is 9.17. The molecule has 0 saturated heterocycles. The van der Waals surface area contributed by atoms with E-state index in [0.29, 0.717) is 12.2 Å². The van der Waals surface area contributed by atoms with E-state index >= 15 is 0 Å². The lowest BCUT2D eigenvalue weighted by Crippen LogP contribution is -2.18. The van der Waals surface area contributed by atoms with Crippen molar-refractivity contribution < 1.29 is 19.4 Å². The summed E-state index contributed by atoms with van der Waals surface area (Å²) in [6, 6.07) is 1.36. The number of aromatic nitrogens is 1. The molecule has 5 nitrogen and oxygen atoms in total. The molecule has 0 spiro atoms. The number of rotatable bonds is 7. The molecule has 0 fully saturated rings. The maximum absolute atomic E-state index is 11.3. The second-order valence-electron chi connectivity index (χ2n) is 4.28. The second kappa shape index (κ2) is 6.35. The van der Waals surface area contributed by atoms with E-state index in [-0.39, 0.29) is 17.5 Å². The van der Waals surface area contributed by atoms with E-state index in [1.54, 1.807) is 17.9 Å². The van der Waals surface area contributed by atoms with Gasteiger partial charge >= 0.3 is 5.97 Å². The Labute approximate surface area is 106 Å². The Kier molecular flexibility index (Phi) is 5.09. The topological polar surface area (TPSA) is 68.5 Å². The Hall–Kier alpha value is -1.62. The molecule has 5 heteroatoms. The van der Waals surface area contributed by atoms with E-state index in [9.17, 15) is 14.7 Å². The minimum Gasteiger partial charge on any atom is -0.477 e. The number of ketones is 1. The average Bonchev–Trinajstić information content (AvgIpc) is 2.73. The van der Waals surface area contributed by atoms with Gasteiger partial charge in [0, 0.05) is 18.9 Å². The van der Waals surface area contributed by atoms with Gasteiger partial charge in [0.05, 0.1) is 12.6 Å². The molecule has 0 bridgehead atoms. The summed E-state index contributed by atoms with van der Waals surface area (Å²) in [6.07, 6.45) is 3.33. The number of carbonyl (C=O) groups is 2. The monoisotopic (exact) mass is 253 g/mol. The first-order valence-electron chi connectivity index (χ1n) is 5.96. The molecule has 0 aliphatic heterocycles. The van der Waals surface area contributed by atoms with Crippen molar-refractivity contribution in [2.45, 2.75) is 32.7 Å². The molecule has 1 aromatic rings. The largest absolute Gasteiger partial charge is 0.477 e. The SMILES string of the molecule is CCCC(COC)n1cc(C(C)=O)cc1C(=O)O. The number of hydrogen-bond donors (Lipinski definition) is 1. The molecule has 1 unspecified atom stereocenters. The van der Waals surface area contributed by atoms with Gasteiger partial charge in [-0.15, -0.1) is 0 Å². The van der Waals surface area contributed by atoms with Crippen molar-refractivity contribution in [2.24, 2.45) is 0 Å². The third-order valence-electron chi connectivity index (χ3n) is 2.85. The van der Waals surface area contributed by atoms with Crippen LogP contribution in [-0.4, -0.2) is 35.1 Å². The lowest BCUT2D eigenvalue weighted by atomic mass is 10.1. The minimum absolute atomic E-state index is 0.0563. The molecule has 0 aliphatic carbocycles. The van der Waals surface area contributed by atoms with Gasteiger partial charge in [-0.3, -0.25) is 4.79 Å². The Balaban J connectivity index is 3.17. The smallest absolute Gasteiger partial charge is 0.352 e. The van der Waals surface area contributed by atoms with Crippen LogP contribution in [0.1, 0.15) is 53.6 Å². The first kappa shape index (κ1) is 14.4. The number of hydrogen-bond acceptors (Lipinski definition) is 3. The van der Waals surface area contributed by atoms with Crippen LogP contribution < -0.4 is 0 Å². The average molecular weight is 253 g/mol. The molecule has 0 saturated carbocycles. The number of ether oxygens (including phenoxy) is 1. The van der Waals surface area contributed by atoms with E-state index in [1.807, 2.05) is 6.92 Å². The summed E-state index contributed by atoms with van der Waals surface area (Å²) in [6.45, 7) is 3.88. The fraction of sp³-hybridized carbons (Fsp3) is 0.538. The third-order valence-corrected chi connectivity index (χ3v) is 2.85. The lowest BCUT2D eigenvalue weighted by molar-refractivity contribution is 0.0675. The molecule has 18 heavy (non-hydrogen) atoms. The third kappa shape index (κ3) is 3.20. The molecule has 1 heterocycles. The zero-order valence-corrected chi connectivity index (χ0v) is 11.0. The fourth-order valence-electron chi connectivity index (χ4n) is 1.97. The summed E-state index contributed by atoms with van der Waals surface area (Å²) < 4.78 is 6.75. The van der Waals surface area contributed by atoms with Crippen LogP contribution in [0.3, 0.4) is 0 Å². The van der Waals surface area contributed by atoms with Gasteiger partial charge in [-0.1, -0.05) is 13.3 Å². The quantitative estimate of drug-likeness (QED) is 0.757. The molecule has 0 aliphatic rings. The van der Waals surface area contributed by atoms with Crippen LogP contribution in [0.5, 0.6) is 0 Å². The van der Waals surface area contributed by atoms with E-state index in [4.69, 9.17) is 4.74 Å². The number of nitrogens with zero attached hydrogens (tertiary/aromatic N) is 1. The van der Waals surface area contributed by atoms with Crippen LogP contribution in [0.2, 0.25) is 0 Å². The highest BCUT2D eigenvalue weighted by Crippen LogP contribution is 2.20. The number of Topliss-reactive ketones (excluding diaryl/α,β-unsaturated/α-hetero) is 1. The number of carboxylic acid groups (broad SMARTS) is 1. The lowest BCUT2D eigenvalue weighted by Gasteiger charge is -2.19. The summed E-state index contributed by atoms with van der Waals surface area (Å²) >= 11 is 0. The van der Waals surface area contributed by atoms with E-state index in [0.717, 1.165) is 12.8 Å². The summed E-state index contributed by atoms with van der Waals surface area (Å²) in [5.74, 6) is -1.16. The molecule has 100 valence electrons. The Morgan fingerprint density at radius 1 is 1.50 bits per heavy atom. The van der Waals surface area contributed by atoms with Crippen LogP contribution in [0.4, 0.5) is 0 Å². The van der Waals surface area contributed by atoms with Crippen molar-refractivity contribution in [1.82, 2.24) is 4.57 Å². The molecule has 1 atom stereocenters. The molecular weight excluding hydrogens is 234 g/mol. The van der Waals surface area contributed by atoms with Crippen molar-refractivity contribution in [3.8, 4) is 0 Å². The van der Waals surface area contributed by atoms with Crippen LogP contribution in [-0.2, 0) is 4.74 Å². The first-order chi connectivity index (χ1) is 8.51. The van der Waals surface area contributed by atoms with Crippen LogP contribution >= 0.6 is 0 Å². The maximum Gasteiger partial charge on any atom is 0.352 e. The van der Waals surface area contributed by atoms with Gasteiger partial charge in [0.15, 0.2) is 5.78 Å². The highest BCUT2D eigenvalue weighted by atomic mass is 16.5. The highest BCUT2D eigenvalue weighted by Gasteiger charge is 2.20. The Morgan fingerprint density at radius 3 is 2.61 bits per heavy atom. The fourth-order valence-corrected chi connectivity index (χ4v) is 1.97. The van der Waals surface area contributed by atoms with Crippen LogP contribution in [0.15, 0.2) is 12.3 Å². The highest BCUT2D eigenvalue weighted by molar-refractivity contribution is 5.97. The minimum atomic E-state index is -1.03. The summed E-state index contributed by atoms with van der Waals surface area (Å²) in [5.41, 5.74) is 0.556. The molecular formula is C13H19NO4. The van der Waals surface area contributed by atoms with Crippen molar-refractivity contribution in [2.75, 3.05) is 13.7 Å². The molecule has 1 rings (SSSR count). The number of carboxylic acids is 1. The summed E-state index contributed by atoms with van der Waals surface area (Å²) in [4.78, 5) is 22.5. The Bertz CT molecular complexity index is 430. The van der Waals surface area contributed by atoms with Gasteiger partial charge in [-0.25, -0.2) is 4.79 Å². The second-order valence-corrected chi connectivity index (χ2v) is 4.28. The maximum atomic E-state index is 11.3. The zero-order valence-electron chi connectivity index (χ0n) is 11.0. The van der Waals surface area contributed by atoms with Crippen LogP contribution in [0, 0.1) is 0 Å². The van der Waals surface area contributed by atoms with Crippen molar-refractivity contribution in [1.29, 1.82) is 0 Å². The molecule has 1 N–H and O–H groups in total. The predicted molar refractivity (Wildman–Crippen MR) is 67.2 cm³/mol. The molecule has 0 radical (unpaired) electrons. The molecule has 0 aromatic carbocycles. The van der Waals surface area contributed by atoms with Gasteiger partial charge in [-0.2, -0.15) is 0 Å². The summed E-state index contributed by atoms with van der Waals surface area (Å²) in [7, 11) is 1.58. The number of carbonyl (C=O) groups excluding carboxylic acids is 1. The zero-order chi connectivity index (χ0) is 13.7. The molecule has 1 aromatic heterocycles. The molecule has 0 amide bonds. The van der Waals surface area contributed by atoms with Crippen LogP contribution in [0.25, 0.3) is 0 Å². The Morgan fingerprint density at radius 2 is 2.17 bits per heavy atom. The first-order valence-corrected chi connectivity index (χ1v) is 5.96. The van der Waals surface area contributed by atoms with Gasteiger partial charge in [0.25, 0.3) is 0 Å². The van der Waals surface area contributed by atoms with Gasteiger partial charge in [0.1, 0.15) is 5.69 Å². The number of methoxy groups -OCH3 is 1. The van der Waals surface area contributed by atoms with Gasteiger partial charge in [-0.05, 0) is 19.4 Å². The van der Waals surface area contributed by atoms with E-state index < -0.39 is 5.97 Å². The van der Waals surface area contributed by atoms with E-state index in [1.165, 1.54) is 13.0 Å². The van der Waals surface area contributed by atoms with Crippen molar-refractivity contribution >= 4 is 11.8 Å². The van der Waals surface area contributed by atoms with E-state index in [2.05, 4.69) is 0 Å². The standard InChI is InChI=1S/C13H19NO4/c1-4-5-11(8-18-3)14-7-10(9(2)15)6-12(14)13(16)17/h6-7,11H,4-5,8H2,1-3H3,(H,16,17). The number of aromatic carboxylic acids is 1. The predicted octanol–water partition coefficient (Wildman–Crippen LogP) is 2.38. The van der Waals surface area contributed by atoms with Crippen molar-refractivity contribution in [3.63, 3.8) is 0 Å². The van der Waals surface area contributed by atoms with Gasteiger partial charge < -0.3 is 14.4 Å². The van der Waals surface area contributed by atoms with Crippen molar-refractivity contribution in [3.05, 3.63) is 23.5 Å². The van der Waals surface area contributed by atoms with Gasteiger partial charge in [0.2, 0.25) is 0 Å².